The summed E-state index contributed by atoms with van der Waals surface area (Å²) in [6.45, 7) is 7.61. The monoisotopic (exact) mass is 210 g/mol. The van der Waals surface area contributed by atoms with Crippen molar-refractivity contribution < 1.29 is 9.26 Å². The molecule has 0 bridgehead atoms. The third-order valence-electron chi connectivity index (χ3n) is 2.94. The van der Waals surface area contributed by atoms with Gasteiger partial charge in [-0.3, -0.25) is 0 Å². The average molecular weight is 210 g/mol. The van der Waals surface area contributed by atoms with Gasteiger partial charge < -0.3 is 14.6 Å². The van der Waals surface area contributed by atoms with E-state index in [1.165, 1.54) is 12.0 Å². The van der Waals surface area contributed by atoms with E-state index >= 15 is 0 Å². The van der Waals surface area contributed by atoms with E-state index in [1.807, 2.05) is 13.8 Å². The zero-order valence-electron chi connectivity index (χ0n) is 9.38. The molecule has 2 rings (SSSR count). The Kier molecular flexibility index (Phi) is 3.38. The van der Waals surface area contributed by atoms with Gasteiger partial charge in [0.05, 0.1) is 12.3 Å². The van der Waals surface area contributed by atoms with E-state index in [4.69, 9.17) is 9.26 Å². The Morgan fingerprint density at radius 3 is 2.93 bits per heavy atom. The van der Waals surface area contributed by atoms with Gasteiger partial charge in [-0.1, -0.05) is 5.16 Å². The highest BCUT2D eigenvalue weighted by Gasteiger charge is 2.15. The summed E-state index contributed by atoms with van der Waals surface area (Å²) in [5, 5.41) is 7.36. The van der Waals surface area contributed by atoms with Crippen LogP contribution in [0, 0.1) is 19.8 Å². The van der Waals surface area contributed by atoms with Crippen LogP contribution in [-0.4, -0.2) is 24.9 Å². The van der Waals surface area contributed by atoms with Gasteiger partial charge in [-0.15, -0.1) is 0 Å². The van der Waals surface area contributed by atoms with Gasteiger partial charge in [0, 0.05) is 25.3 Å². The van der Waals surface area contributed by atoms with Crippen molar-refractivity contribution in [2.75, 3.05) is 19.8 Å². The van der Waals surface area contributed by atoms with Gasteiger partial charge in [0.25, 0.3) is 0 Å². The van der Waals surface area contributed by atoms with Crippen LogP contribution in [0.3, 0.4) is 0 Å². The fraction of sp³-hybridized carbons (Fsp3) is 0.727. The van der Waals surface area contributed by atoms with E-state index in [-0.39, 0.29) is 0 Å². The third kappa shape index (κ3) is 2.58. The number of hydrogen-bond donors (Lipinski definition) is 1. The van der Waals surface area contributed by atoms with Crippen molar-refractivity contribution >= 4 is 0 Å². The predicted octanol–water partition coefficient (Wildman–Crippen LogP) is 1.42. The second-order valence-corrected chi connectivity index (χ2v) is 4.16. The average Bonchev–Trinajstić information content (AvgIpc) is 2.82. The third-order valence-corrected chi connectivity index (χ3v) is 2.94. The summed E-state index contributed by atoms with van der Waals surface area (Å²) < 4.78 is 10.4. The molecule has 4 nitrogen and oxygen atoms in total. The molecule has 0 saturated carbocycles. The predicted molar refractivity (Wildman–Crippen MR) is 56.6 cm³/mol. The lowest BCUT2D eigenvalue weighted by atomic mass is 10.1. The van der Waals surface area contributed by atoms with Gasteiger partial charge in [0.15, 0.2) is 0 Å². The summed E-state index contributed by atoms with van der Waals surface area (Å²) in [6, 6.07) is 0. The highest BCUT2D eigenvalue weighted by molar-refractivity contribution is 5.20. The maximum Gasteiger partial charge on any atom is 0.138 e. The van der Waals surface area contributed by atoms with E-state index in [0.29, 0.717) is 5.92 Å². The number of aryl methyl sites for hydroxylation is 2. The maximum absolute atomic E-state index is 5.32. The fourth-order valence-corrected chi connectivity index (χ4v) is 1.90. The van der Waals surface area contributed by atoms with Crippen LogP contribution in [0.15, 0.2) is 4.52 Å². The van der Waals surface area contributed by atoms with Gasteiger partial charge >= 0.3 is 0 Å². The fourth-order valence-electron chi connectivity index (χ4n) is 1.90. The molecular weight excluding hydrogens is 192 g/mol. The van der Waals surface area contributed by atoms with E-state index < -0.39 is 0 Å². The number of nitrogens with zero attached hydrogens (tertiary/aromatic N) is 1. The standard InChI is InChI=1S/C11H18N2O2/c1-8-11(9(2)15-13-8)6-12-5-10-3-4-14-7-10/h10,12H,3-7H2,1-2H3. The molecule has 1 aromatic rings. The summed E-state index contributed by atoms with van der Waals surface area (Å²) in [5.41, 5.74) is 2.18. The second kappa shape index (κ2) is 4.77. The molecule has 1 unspecified atom stereocenters. The van der Waals surface area contributed by atoms with Gasteiger partial charge in [-0.05, 0) is 26.2 Å². The first-order valence-corrected chi connectivity index (χ1v) is 5.47. The van der Waals surface area contributed by atoms with Gasteiger partial charge in [0.2, 0.25) is 0 Å². The van der Waals surface area contributed by atoms with Gasteiger partial charge in [0.1, 0.15) is 5.76 Å². The lowest BCUT2D eigenvalue weighted by Gasteiger charge is -2.08. The summed E-state index contributed by atoms with van der Waals surface area (Å²) in [5.74, 6) is 1.59. The minimum atomic E-state index is 0.672. The second-order valence-electron chi connectivity index (χ2n) is 4.16. The SMILES string of the molecule is Cc1noc(C)c1CNCC1CCOC1. The van der Waals surface area contributed by atoms with Crippen molar-refractivity contribution in [2.45, 2.75) is 26.8 Å². The highest BCUT2D eigenvalue weighted by Crippen LogP contribution is 2.13. The van der Waals surface area contributed by atoms with Crippen LogP contribution < -0.4 is 5.32 Å². The molecule has 1 aliphatic rings. The van der Waals surface area contributed by atoms with Crippen molar-refractivity contribution in [1.29, 1.82) is 0 Å². The normalized spacial score (nSPS) is 21.1. The van der Waals surface area contributed by atoms with Crippen molar-refractivity contribution in [3.05, 3.63) is 17.0 Å². The van der Waals surface area contributed by atoms with Crippen LogP contribution in [0.1, 0.15) is 23.4 Å². The van der Waals surface area contributed by atoms with E-state index in [9.17, 15) is 0 Å². The van der Waals surface area contributed by atoms with E-state index in [2.05, 4.69) is 10.5 Å². The Morgan fingerprint density at radius 2 is 2.33 bits per heavy atom. The molecule has 0 aliphatic carbocycles. The first-order chi connectivity index (χ1) is 7.27. The molecule has 1 N–H and O–H groups in total. The Balaban J connectivity index is 1.77. The summed E-state index contributed by atoms with van der Waals surface area (Å²) in [6.07, 6.45) is 1.18. The van der Waals surface area contributed by atoms with Crippen molar-refractivity contribution in [1.82, 2.24) is 10.5 Å². The molecule has 84 valence electrons. The largest absolute Gasteiger partial charge is 0.381 e. The quantitative estimate of drug-likeness (QED) is 0.816. The summed E-state index contributed by atoms with van der Waals surface area (Å²) >= 11 is 0. The minimum Gasteiger partial charge on any atom is -0.381 e. The molecule has 15 heavy (non-hydrogen) atoms. The van der Waals surface area contributed by atoms with Crippen molar-refractivity contribution in [2.24, 2.45) is 5.92 Å². The molecule has 1 saturated heterocycles. The van der Waals surface area contributed by atoms with Crippen LogP contribution in [0.25, 0.3) is 0 Å². The Morgan fingerprint density at radius 1 is 1.47 bits per heavy atom. The zero-order valence-corrected chi connectivity index (χ0v) is 9.38. The highest BCUT2D eigenvalue weighted by atomic mass is 16.5. The van der Waals surface area contributed by atoms with Crippen molar-refractivity contribution in [3.63, 3.8) is 0 Å². The maximum atomic E-state index is 5.32. The molecule has 1 aromatic heterocycles. The summed E-state index contributed by atoms with van der Waals surface area (Å²) in [7, 11) is 0. The van der Waals surface area contributed by atoms with Gasteiger partial charge in [-0.2, -0.15) is 0 Å². The number of nitrogens with one attached hydrogen (secondary N) is 1. The summed E-state index contributed by atoms with van der Waals surface area (Å²) in [4.78, 5) is 0. The Hall–Kier alpha value is -0.870. The molecular formula is C11H18N2O2. The number of hydrogen-bond acceptors (Lipinski definition) is 4. The Bertz CT molecular complexity index is 297. The number of rotatable bonds is 4. The van der Waals surface area contributed by atoms with Crippen LogP contribution in [0.5, 0.6) is 0 Å². The molecule has 1 aliphatic heterocycles. The van der Waals surface area contributed by atoms with E-state index in [1.54, 1.807) is 0 Å². The molecule has 0 amide bonds. The molecule has 2 heterocycles. The first-order valence-electron chi connectivity index (χ1n) is 5.47. The van der Waals surface area contributed by atoms with Crippen LogP contribution >= 0.6 is 0 Å². The van der Waals surface area contributed by atoms with Crippen LogP contribution in [0.2, 0.25) is 0 Å². The molecule has 0 spiro atoms. The van der Waals surface area contributed by atoms with Gasteiger partial charge in [-0.25, -0.2) is 0 Å². The van der Waals surface area contributed by atoms with E-state index in [0.717, 1.165) is 37.8 Å². The lowest BCUT2D eigenvalue weighted by Crippen LogP contribution is -2.23. The number of ether oxygens (including phenoxy) is 1. The zero-order chi connectivity index (χ0) is 10.7. The van der Waals surface area contributed by atoms with Crippen LogP contribution in [-0.2, 0) is 11.3 Å². The molecule has 1 atom stereocenters. The smallest absolute Gasteiger partial charge is 0.138 e. The minimum absolute atomic E-state index is 0.672. The molecule has 0 aromatic carbocycles. The molecule has 1 fully saturated rings. The topological polar surface area (TPSA) is 47.3 Å². The molecule has 0 radical (unpaired) electrons. The van der Waals surface area contributed by atoms with Crippen molar-refractivity contribution in [3.8, 4) is 0 Å². The first kappa shape index (κ1) is 10.6. The molecule has 4 heteroatoms. The number of aromatic nitrogens is 1. The lowest BCUT2D eigenvalue weighted by molar-refractivity contribution is 0.185. The Labute approximate surface area is 90.0 Å². The van der Waals surface area contributed by atoms with Crippen LogP contribution in [0.4, 0.5) is 0 Å².